The number of hydrogen-bond donors (Lipinski definition) is 0. The molecule has 1 aromatic rings. The van der Waals surface area contributed by atoms with Gasteiger partial charge in [0, 0.05) is 31.3 Å². The van der Waals surface area contributed by atoms with E-state index in [1.807, 2.05) is 24.0 Å². The van der Waals surface area contributed by atoms with Crippen LogP contribution in [-0.2, 0) is 4.79 Å². The number of pyridine rings is 1. The highest BCUT2D eigenvalue weighted by atomic mass is 79.9. The SMILES string of the molecule is CCN(CC(=O)N(C)C)c1ccc(Br)cn1. The summed E-state index contributed by atoms with van der Waals surface area (Å²) in [5.41, 5.74) is 0. The van der Waals surface area contributed by atoms with Crippen molar-refractivity contribution in [2.75, 3.05) is 32.1 Å². The topological polar surface area (TPSA) is 36.4 Å². The molecule has 0 aromatic carbocycles. The van der Waals surface area contributed by atoms with Gasteiger partial charge in [-0.2, -0.15) is 0 Å². The molecule has 0 bridgehead atoms. The van der Waals surface area contributed by atoms with Gasteiger partial charge in [-0.15, -0.1) is 0 Å². The van der Waals surface area contributed by atoms with Crippen molar-refractivity contribution in [3.63, 3.8) is 0 Å². The lowest BCUT2D eigenvalue weighted by Gasteiger charge is -2.23. The lowest BCUT2D eigenvalue weighted by Crippen LogP contribution is -2.36. The highest BCUT2D eigenvalue weighted by Gasteiger charge is 2.12. The van der Waals surface area contributed by atoms with Gasteiger partial charge >= 0.3 is 0 Å². The van der Waals surface area contributed by atoms with E-state index in [1.54, 1.807) is 25.2 Å². The first-order valence-corrected chi connectivity index (χ1v) is 5.90. The highest BCUT2D eigenvalue weighted by molar-refractivity contribution is 9.10. The summed E-state index contributed by atoms with van der Waals surface area (Å²) in [6.45, 7) is 3.12. The molecule has 5 heteroatoms. The molecule has 1 aromatic heterocycles. The first kappa shape index (κ1) is 13.0. The van der Waals surface area contributed by atoms with Crippen LogP contribution in [0.3, 0.4) is 0 Å². The van der Waals surface area contributed by atoms with Crippen molar-refractivity contribution < 1.29 is 4.79 Å². The molecule has 1 heterocycles. The maximum Gasteiger partial charge on any atom is 0.241 e. The molecule has 4 nitrogen and oxygen atoms in total. The Labute approximate surface area is 104 Å². The van der Waals surface area contributed by atoms with Crippen LogP contribution in [0.4, 0.5) is 5.82 Å². The third-order valence-electron chi connectivity index (χ3n) is 2.24. The van der Waals surface area contributed by atoms with Gasteiger partial charge in [0.2, 0.25) is 5.91 Å². The summed E-state index contributed by atoms with van der Waals surface area (Å²) in [4.78, 5) is 19.4. The molecule has 0 saturated heterocycles. The molecule has 88 valence electrons. The molecule has 1 amide bonds. The minimum Gasteiger partial charge on any atom is -0.348 e. The molecule has 16 heavy (non-hydrogen) atoms. The molecule has 0 N–H and O–H groups in total. The number of aromatic nitrogens is 1. The molecule has 0 aliphatic carbocycles. The average molecular weight is 286 g/mol. The normalized spacial score (nSPS) is 10.0. The third-order valence-corrected chi connectivity index (χ3v) is 2.71. The van der Waals surface area contributed by atoms with Crippen molar-refractivity contribution in [3.8, 4) is 0 Å². The van der Waals surface area contributed by atoms with Crippen LogP contribution < -0.4 is 4.90 Å². The van der Waals surface area contributed by atoms with Gasteiger partial charge in [0.15, 0.2) is 0 Å². The van der Waals surface area contributed by atoms with E-state index in [9.17, 15) is 4.79 Å². The van der Waals surface area contributed by atoms with Gasteiger partial charge in [-0.05, 0) is 35.0 Å². The van der Waals surface area contributed by atoms with Crippen molar-refractivity contribution in [1.82, 2.24) is 9.88 Å². The Morgan fingerprint density at radius 2 is 2.12 bits per heavy atom. The Balaban J connectivity index is 2.74. The summed E-state index contributed by atoms with van der Waals surface area (Å²) >= 11 is 3.33. The molecule has 0 unspecified atom stereocenters. The largest absolute Gasteiger partial charge is 0.348 e. The maximum atomic E-state index is 11.6. The molecule has 1 rings (SSSR count). The quantitative estimate of drug-likeness (QED) is 0.846. The number of nitrogens with zero attached hydrogens (tertiary/aromatic N) is 3. The van der Waals surface area contributed by atoms with Crippen LogP contribution in [-0.4, -0.2) is 43.0 Å². The second-order valence-corrected chi connectivity index (χ2v) is 4.55. The Kier molecular flexibility index (Phi) is 4.73. The van der Waals surface area contributed by atoms with Crippen LogP contribution >= 0.6 is 15.9 Å². The summed E-state index contributed by atoms with van der Waals surface area (Å²) in [5.74, 6) is 0.896. The zero-order valence-corrected chi connectivity index (χ0v) is 11.4. The van der Waals surface area contributed by atoms with E-state index in [0.29, 0.717) is 6.54 Å². The summed E-state index contributed by atoms with van der Waals surface area (Å²) in [7, 11) is 3.51. The number of likely N-dealkylation sites (N-methyl/N-ethyl adjacent to an activating group) is 2. The molecule has 0 fully saturated rings. The smallest absolute Gasteiger partial charge is 0.241 e. The molecule has 0 radical (unpaired) electrons. The molecule has 0 aliphatic heterocycles. The average Bonchev–Trinajstić information content (AvgIpc) is 2.26. The van der Waals surface area contributed by atoms with Crippen molar-refractivity contribution in [2.45, 2.75) is 6.92 Å². The fourth-order valence-corrected chi connectivity index (χ4v) is 1.45. The van der Waals surface area contributed by atoms with Crippen LogP contribution in [0.25, 0.3) is 0 Å². The summed E-state index contributed by atoms with van der Waals surface area (Å²) in [6, 6.07) is 3.82. The van der Waals surface area contributed by atoms with E-state index < -0.39 is 0 Å². The van der Waals surface area contributed by atoms with E-state index in [2.05, 4.69) is 20.9 Å². The van der Waals surface area contributed by atoms with Gasteiger partial charge in [0.1, 0.15) is 5.82 Å². The number of carbonyl (C=O) groups is 1. The van der Waals surface area contributed by atoms with Gasteiger partial charge in [-0.3, -0.25) is 4.79 Å². The number of rotatable bonds is 4. The maximum absolute atomic E-state index is 11.6. The predicted octanol–water partition coefficient (Wildman–Crippen LogP) is 1.76. The fraction of sp³-hybridized carbons (Fsp3) is 0.455. The zero-order valence-electron chi connectivity index (χ0n) is 9.77. The van der Waals surface area contributed by atoms with E-state index in [-0.39, 0.29) is 5.91 Å². The minimum atomic E-state index is 0.0755. The van der Waals surface area contributed by atoms with Gasteiger partial charge in [-0.25, -0.2) is 4.98 Å². The first-order chi connectivity index (χ1) is 7.54. The van der Waals surface area contributed by atoms with Crippen molar-refractivity contribution in [2.24, 2.45) is 0 Å². The second-order valence-electron chi connectivity index (χ2n) is 3.64. The van der Waals surface area contributed by atoms with E-state index >= 15 is 0 Å². The first-order valence-electron chi connectivity index (χ1n) is 5.11. The Morgan fingerprint density at radius 3 is 2.56 bits per heavy atom. The van der Waals surface area contributed by atoms with E-state index in [0.717, 1.165) is 16.8 Å². The summed E-state index contributed by atoms with van der Waals surface area (Å²) < 4.78 is 0.936. The van der Waals surface area contributed by atoms with Gasteiger partial charge in [0.05, 0.1) is 6.54 Å². The Morgan fingerprint density at radius 1 is 1.44 bits per heavy atom. The summed E-state index contributed by atoms with van der Waals surface area (Å²) in [5, 5.41) is 0. The Bertz CT molecular complexity index is 351. The zero-order chi connectivity index (χ0) is 12.1. The van der Waals surface area contributed by atoms with Crippen LogP contribution in [0.5, 0.6) is 0 Å². The second kappa shape index (κ2) is 5.84. The molecular weight excluding hydrogens is 270 g/mol. The lowest BCUT2D eigenvalue weighted by molar-refractivity contribution is -0.127. The van der Waals surface area contributed by atoms with Gasteiger partial charge in [0.25, 0.3) is 0 Å². The molecule has 0 atom stereocenters. The van der Waals surface area contributed by atoms with Crippen LogP contribution in [0, 0.1) is 0 Å². The van der Waals surface area contributed by atoms with Crippen LogP contribution in [0.1, 0.15) is 6.92 Å². The predicted molar refractivity (Wildman–Crippen MR) is 68.5 cm³/mol. The fourth-order valence-electron chi connectivity index (χ4n) is 1.21. The van der Waals surface area contributed by atoms with Crippen molar-refractivity contribution in [3.05, 3.63) is 22.8 Å². The van der Waals surface area contributed by atoms with Crippen molar-refractivity contribution >= 4 is 27.7 Å². The number of amides is 1. The van der Waals surface area contributed by atoms with Gasteiger partial charge in [-0.1, -0.05) is 0 Å². The Hall–Kier alpha value is -1.10. The summed E-state index contributed by atoms with van der Waals surface area (Å²) in [6.07, 6.45) is 1.73. The minimum absolute atomic E-state index is 0.0755. The number of carbonyl (C=O) groups excluding carboxylic acids is 1. The van der Waals surface area contributed by atoms with Crippen LogP contribution in [0.15, 0.2) is 22.8 Å². The molecule has 0 saturated carbocycles. The standard InChI is InChI=1S/C11H16BrN3O/c1-4-15(8-11(16)14(2)3)10-6-5-9(12)7-13-10/h5-7H,4,8H2,1-3H3. The highest BCUT2D eigenvalue weighted by Crippen LogP contribution is 2.14. The van der Waals surface area contributed by atoms with E-state index in [4.69, 9.17) is 0 Å². The number of hydrogen-bond acceptors (Lipinski definition) is 3. The number of halogens is 1. The van der Waals surface area contributed by atoms with Gasteiger partial charge < -0.3 is 9.80 Å². The van der Waals surface area contributed by atoms with E-state index in [1.165, 1.54) is 0 Å². The van der Waals surface area contributed by atoms with Crippen molar-refractivity contribution in [1.29, 1.82) is 0 Å². The monoisotopic (exact) mass is 285 g/mol. The van der Waals surface area contributed by atoms with Crippen LogP contribution in [0.2, 0.25) is 0 Å². The molecule has 0 spiro atoms. The lowest BCUT2D eigenvalue weighted by atomic mass is 10.4. The molecular formula is C11H16BrN3O. The number of anilines is 1. The third kappa shape index (κ3) is 3.48. The molecule has 0 aliphatic rings.